The average Bonchev–Trinajstić information content (AvgIpc) is 1.82. The van der Waals surface area contributed by atoms with Crippen LogP contribution in [0.25, 0.3) is 0 Å². The van der Waals surface area contributed by atoms with Crippen molar-refractivity contribution in [1.29, 1.82) is 0 Å². The molecule has 0 aromatic rings. The second-order valence-electron chi connectivity index (χ2n) is 3.37. The van der Waals surface area contributed by atoms with Crippen LogP contribution in [0.3, 0.4) is 0 Å². The highest BCUT2D eigenvalue weighted by molar-refractivity contribution is 5.68. The quantitative estimate of drug-likeness (QED) is 0.659. The number of likely N-dealkylation sites (tertiary alicyclic amines) is 1. The van der Waals surface area contributed by atoms with Crippen molar-refractivity contribution in [3.8, 4) is 0 Å². The van der Waals surface area contributed by atoms with Crippen LogP contribution >= 0.6 is 0 Å². The summed E-state index contributed by atoms with van der Waals surface area (Å²) < 4.78 is 5.08. The Labute approximate surface area is 72.1 Å². The van der Waals surface area contributed by atoms with E-state index in [1.807, 2.05) is 0 Å². The lowest BCUT2D eigenvalue weighted by molar-refractivity contribution is -0.149. The third kappa shape index (κ3) is 2.46. The van der Waals surface area contributed by atoms with Crippen LogP contribution in [0, 0.1) is 0 Å². The first-order chi connectivity index (χ1) is 5.59. The Hall–Kier alpha value is -0.610. The number of carbonyl (C=O) groups is 1. The molecule has 1 N–H and O–H groups in total. The minimum Gasteiger partial charge on any atom is -0.480 e. The van der Waals surface area contributed by atoms with Crippen molar-refractivity contribution >= 4 is 5.97 Å². The van der Waals surface area contributed by atoms with Crippen molar-refractivity contribution in [2.75, 3.05) is 19.7 Å². The van der Waals surface area contributed by atoms with Crippen LogP contribution in [0.2, 0.25) is 0 Å². The van der Waals surface area contributed by atoms with Gasteiger partial charge in [-0.25, -0.2) is 4.79 Å². The molecule has 0 amide bonds. The van der Waals surface area contributed by atoms with Crippen molar-refractivity contribution < 1.29 is 14.6 Å². The van der Waals surface area contributed by atoms with Gasteiger partial charge in [0.25, 0.3) is 0 Å². The monoisotopic (exact) mass is 173 g/mol. The molecule has 1 aliphatic heterocycles. The van der Waals surface area contributed by atoms with E-state index in [0.717, 1.165) is 13.1 Å². The third-order valence-corrected chi connectivity index (χ3v) is 2.05. The minimum absolute atomic E-state index is 0.128. The number of nitrogens with zero attached hydrogens (tertiary/aromatic N) is 1. The van der Waals surface area contributed by atoms with E-state index in [-0.39, 0.29) is 12.7 Å². The average molecular weight is 173 g/mol. The Morgan fingerprint density at radius 1 is 1.67 bits per heavy atom. The van der Waals surface area contributed by atoms with Gasteiger partial charge in [0.05, 0.1) is 6.10 Å². The summed E-state index contributed by atoms with van der Waals surface area (Å²) in [5.74, 6) is -0.891. The maximum absolute atomic E-state index is 10.1. The van der Waals surface area contributed by atoms with E-state index in [0.29, 0.717) is 6.04 Å². The van der Waals surface area contributed by atoms with Gasteiger partial charge in [-0.15, -0.1) is 0 Å². The minimum atomic E-state index is -0.891. The Kier molecular flexibility index (Phi) is 3.05. The van der Waals surface area contributed by atoms with E-state index >= 15 is 0 Å². The van der Waals surface area contributed by atoms with Crippen LogP contribution in [-0.4, -0.2) is 47.8 Å². The molecule has 1 aliphatic rings. The molecule has 0 aromatic heterocycles. The summed E-state index contributed by atoms with van der Waals surface area (Å²) in [6.45, 7) is 5.80. The Bertz CT molecular complexity index is 164. The van der Waals surface area contributed by atoms with Gasteiger partial charge in [-0.05, 0) is 13.8 Å². The van der Waals surface area contributed by atoms with Crippen LogP contribution in [0.5, 0.6) is 0 Å². The highest BCUT2D eigenvalue weighted by Crippen LogP contribution is 2.14. The molecular weight excluding hydrogens is 158 g/mol. The smallest absolute Gasteiger partial charge is 0.329 e. The van der Waals surface area contributed by atoms with Gasteiger partial charge in [0.1, 0.15) is 6.61 Å². The molecule has 4 nitrogen and oxygen atoms in total. The van der Waals surface area contributed by atoms with Crippen LogP contribution in [-0.2, 0) is 9.53 Å². The lowest BCUT2D eigenvalue weighted by atomic mass is 10.1. The Morgan fingerprint density at radius 2 is 2.25 bits per heavy atom. The molecule has 1 rings (SSSR count). The molecule has 0 unspecified atom stereocenters. The van der Waals surface area contributed by atoms with Gasteiger partial charge in [0.15, 0.2) is 0 Å². The predicted octanol–water partition coefficient (Wildman–Crippen LogP) is 0.180. The molecule has 0 atom stereocenters. The number of carboxylic acids is 1. The highest BCUT2D eigenvalue weighted by atomic mass is 16.5. The molecule has 4 heteroatoms. The standard InChI is InChI=1S/C8H15NO3/c1-6(2)9-3-7(4-9)12-5-8(10)11/h6-7H,3-5H2,1-2H3,(H,10,11). The van der Waals surface area contributed by atoms with E-state index in [1.165, 1.54) is 0 Å². The molecule has 70 valence electrons. The van der Waals surface area contributed by atoms with Crippen molar-refractivity contribution in [2.24, 2.45) is 0 Å². The first-order valence-corrected chi connectivity index (χ1v) is 4.17. The van der Waals surface area contributed by atoms with Crippen LogP contribution in [0.4, 0.5) is 0 Å². The summed E-state index contributed by atoms with van der Waals surface area (Å²) in [5, 5.41) is 8.32. The SMILES string of the molecule is CC(C)N1CC(OCC(=O)O)C1. The van der Waals surface area contributed by atoms with E-state index in [9.17, 15) is 4.79 Å². The summed E-state index contributed by atoms with van der Waals surface area (Å²) in [4.78, 5) is 12.4. The maximum Gasteiger partial charge on any atom is 0.329 e. The molecule has 0 bridgehead atoms. The summed E-state index contributed by atoms with van der Waals surface area (Å²) >= 11 is 0. The molecule has 0 aromatic carbocycles. The zero-order chi connectivity index (χ0) is 9.14. The van der Waals surface area contributed by atoms with Gasteiger partial charge < -0.3 is 9.84 Å². The number of hydrogen-bond donors (Lipinski definition) is 1. The number of rotatable bonds is 4. The van der Waals surface area contributed by atoms with Gasteiger partial charge >= 0.3 is 5.97 Å². The molecule has 1 heterocycles. The van der Waals surface area contributed by atoms with E-state index in [1.54, 1.807) is 0 Å². The lowest BCUT2D eigenvalue weighted by Crippen LogP contribution is -2.55. The molecule has 0 spiro atoms. The number of ether oxygens (including phenoxy) is 1. The van der Waals surface area contributed by atoms with Crippen LogP contribution in [0.15, 0.2) is 0 Å². The first-order valence-electron chi connectivity index (χ1n) is 4.17. The van der Waals surface area contributed by atoms with Gasteiger partial charge in [0, 0.05) is 19.1 Å². The predicted molar refractivity (Wildman–Crippen MR) is 44.1 cm³/mol. The Balaban J connectivity index is 2.06. The fraction of sp³-hybridized carbons (Fsp3) is 0.875. The van der Waals surface area contributed by atoms with Gasteiger partial charge in [-0.3, -0.25) is 4.90 Å². The zero-order valence-corrected chi connectivity index (χ0v) is 7.49. The third-order valence-electron chi connectivity index (χ3n) is 2.05. The van der Waals surface area contributed by atoms with E-state index < -0.39 is 5.97 Å². The van der Waals surface area contributed by atoms with Crippen molar-refractivity contribution in [3.05, 3.63) is 0 Å². The fourth-order valence-corrected chi connectivity index (χ4v) is 1.19. The van der Waals surface area contributed by atoms with E-state index in [4.69, 9.17) is 9.84 Å². The highest BCUT2D eigenvalue weighted by Gasteiger charge is 2.29. The molecule has 0 aliphatic carbocycles. The summed E-state index contributed by atoms with van der Waals surface area (Å²) in [6.07, 6.45) is 0.128. The van der Waals surface area contributed by atoms with Gasteiger partial charge in [0.2, 0.25) is 0 Å². The summed E-state index contributed by atoms with van der Waals surface area (Å²) in [7, 11) is 0. The summed E-state index contributed by atoms with van der Waals surface area (Å²) in [5.41, 5.74) is 0. The second kappa shape index (κ2) is 3.87. The van der Waals surface area contributed by atoms with Crippen molar-refractivity contribution in [1.82, 2.24) is 4.90 Å². The maximum atomic E-state index is 10.1. The number of carboxylic acid groups (broad SMARTS) is 1. The number of hydrogen-bond acceptors (Lipinski definition) is 3. The van der Waals surface area contributed by atoms with Crippen LogP contribution in [0.1, 0.15) is 13.8 Å². The van der Waals surface area contributed by atoms with Gasteiger partial charge in [-0.1, -0.05) is 0 Å². The Morgan fingerprint density at radius 3 is 2.67 bits per heavy atom. The molecule has 1 saturated heterocycles. The normalized spacial score (nSPS) is 19.6. The van der Waals surface area contributed by atoms with E-state index in [2.05, 4.69) is 18.7 Å². The molecule has 12 heavy (non-hydrogen) atoms. The molecule has 0 saturated carbocycles. The first kappa shape index (κ1) is 9.48. The van der Waals surface area contributed by atoms with Crippen molar-refractivity contribution in [3.63, 3.8) is 0 Å². The van der Waals surface area contributed by atoms with Crippen LogP contribution < -0.4 is 0 Å². The fourth-order valence-electron chi connectivity index (χ4n) is 1.19. The van der Waals surface area contributed by atoms with Crippen molar-refractivity contribution in [2.45, 2.75) is 26.0 Å². The second-order valence-corrected chi connectivity index (χ2v) is 3.37. The number of aliphatic carboxylic acids is 1. The largest absolute Gasteiger partial charge is 0.480 e. The van der Waals surface area contributed by atoms with Gasteiger partial charge in [-0.2, -0.15) is 0 Å². The summed E-state index contributed by atoms with van der Waals surface area (Å²) in [6, 6.07) is 0.537. The topological polar surface area (TPSA) is 49.8 Å². The lowest BCUT2D eigenvalue weighted by Gasteiger charge is -2.41. The molecular formula is C8H15NO3. The molecule has 0 radical (unpaired) electrons. The zero-order valence-electron chi connectivity index (χ0n) is 7.49. The molecule has 1 fully saturated rings.